The topological polar surface area (TPSA) is 48.5 Å². The SMILES string of the molecule is C=C(Nc1c(C(C)C)cccc1C(C)C)C(C(=C)Nc1c(C(C)C)cccc1C(C)C)C(=NC(C)C)NC(C)C. The van der Waals surface area contributed by atoms with Crippen LogP contribution in [0.25, 0.3) is 0 Å². The van der Waals surface area contributed by atoms with Gasteiger partial charge in [-0.15, -0.1) is 0 Å². The number of para-hydroxylation sites is 2. The Kier molecular flexibility index (Phi) is 12.1. The Hall–Kier alpha value is -3.01. The Morgan fingerprint density at radius 1 is 0.575 bits per heavy atom. The monoisotopic (exact) mass is 544 g/mol. The van der Waals surface area contributed by atoms with Gasteiger partial charge >= 0.3 is 0 Å². The Bertz CT molecular complexity index is 1050. The summed E-state index contributed by atoms with van der Waals surface area (Å²) in [5, 5.41) is 11.2. The first-order valence-electron chi connectivity index (χ1n) is 15.2. The van der Waals surface area contributed by atoms with Crippen molar-refractivity contribution >= 4 is 17.2 Å². The van der Waals surface area contributed by atoms with Gasteiger partial charge in [0.1, 0.15) is 5.84 Å². The van der Waals surface area contributed by atoms with Crippen LogP contribution in [-0.2, 0) is 0 Å². The maximum absolute atomic E-state index is 5.08. The van der Waals surface area contributed by atoms with Crippen molar-refractivity contribution in [2.45, 2.75) is 119 Å². The van der Waals surface area contributed by atoms with Gasteiger partial charge in [0.25, 0.3) is 0 Å². The Labute approximate surface area is 245 Å². The zero-order chi connectivity index (χ0) is 30.3. The van der Waals surface area contributed by atoms with Crippen LogP contribution in [0.4, 0.5) is 11.4 Å². The molecule has 0 saturated carbocycles. The van der Waals surface area contributed by atoms with Crippen molar-refractivity contribution in [3.8, 4) is 0 Å². The third kappa shape index (κ3) is 8.49. The lowest BCUT2D eigenvalue weighted by molar-refractivity contribution is 0.688. The van der Waals surface area contributed by atoms with E-state index in [-0.39, 0.29) is 18.0 Å². The van der Waals surface area contributed by atoms with Gasteiger partial charge in [-0.3, -0.25) is 4.99 Å². The van der Waals surface area contributed by atoms with Gasteiger partial charge in [-0.25, -0.2) is 0 Å². The molecule has 0 aliphatic rings. The van der Waals surface area contributed by atoms with Crippen molar-refractivity contribution in [3.05, 3.63) is 83.2 Å². The van der Waals surface area contributed by atoms with Crippen molar-refractivity contribution in [3.63, 3.8) is 0 Å². The van der Waals surface area contributed by atoms with Gasteiger partial charge < -0.3 is 16.0 Å². The number of benzene rings is 2. The Morgan fingerprint density at radius 3 is 1.15 bits per heavy atom. The lowest BCUT2D eigenvalue weighted by Gasteiger charge is -2.31. The van der Waals surface area contributed by atoms with Crippen molar-refractivity contribution in [1.29, 1.82) is 0 Å². The average Bonchev–Trinajstić information content (AvgIpc) is 2.82. The number of amidine groups is 1. The second-order valence-electron chi connectivity index (χ2n) is 12.9. The standard InChI is InChI=1S/C36H56N4/c1-21(2)29-17-15-18-30(22(3)4)34(29)39-27(13)33(36(37-25(9)10)38-26(11)12)28(14)40-35-31(23(5)6)19-16-20-32(35)24(7)8/h15-26,33,39-40H,13-14H2,1-12H3,(H,37,38). The van der Waals surface area contributed by atoms with Crippen LogP contribution in [0.3, 0.4) is 0 Å². The number of hydrogen-bond donors (Lipinski definition) is 3. The van der Waals surface area contributed by atoms with Crippen LogP contribution in [0.5, 0.6) is 0 Å². The summed E-state index contributed by atoms with van der Waals surface area (Å²) in [6.07, 6.45) is 0. The molecule has 0 unspecified atom stereocenters. The molecule has 40 heavy (non-hydrogen) atoms. The zero-order valence-electron chi connectivity index (χ0n) is 27.4. The largest absolute Gasteiger partial charge is 0.371 e. The second kappa shape index (κ2) is 14.6. The molecule has 0 spiro atoms. The maximum Gasteiger partial charge on any atom is 0.112 e. The van der Waals surface area contributed by atoms with Crippen LogP contribution in [0, 0.1) is 5.92 Å². The number of hydrogen-bond acceptors (Lipinski definition) is 3. The summed E-state index contributed by atoms with van der Waals surface area (Å²) in [4.78, 5) is 5.08. The molecular formula is C36H56N4. The zero-order valence-corrected chi connectivity index (χ0v) is 27.4. The molecule has 3 N–H and O–H groups in total. The van der Waals surface area contributed by atoms with E-state index >= 15 is 0 Å². The van der Waals surface area contributed by atoms with E-state index in [2.05, 4.69) is 149 Å². The minimum absolute atomic E-state index is 0.118. The first kappa shape index (κ1) is 33.2. The fourth-order valence-electron chi connectivity index (χ4n) is 5.17. The molecule has 0 amide bonds. The summed E-state index contributed by atoms with van der Waals surface area (Å²) >= 11 is 0. The summed E-state index contributed by atoms with van der Waals surface area (Å²) in [5.74, 6) is 2.10. The lowest BCUT2D eigenvalue weighted by Crippen LogP contribution is -2.40. The first-order valence-corrected chi connectivity index (χ1v) is 15.2. The molecule has 0 atom stereocenters. The molecule has 0 bridgehead atoms. The smallest absolute Gasteiger partial charge is 0.112 e. The summed E-state index contributed by atoms with van der Waals surface area (Å²) in [5.41, 5.74) is 9.16. The molecule has 0 saturated heterocycles. The summed E-state index contributed by atoms with van der Waals surface area (Å²) in [6, 6.07) is 13.5. The van der Waals surface area contributed by atoms with Crippen LogP contribution >= 0.6 is 0 Å². The number of rotatable bonds is 13. The van der Waals surface area contributed by atoms with Gasteiger partial charge in [-0.2, -0.15) is 0 Å². The minimum Gasteiger partial charge on any atom is -0.371 e. The minimum atomic E-state index is -0.273. The molecule has 0 radical (unpaired) electrons. The van der Waals surface area contributed by atoms with E-state index in [4.69, 9.17) is 4.99 Å². The van der Waals surface area contributed by atoms with Crippen LogP contribution in [-0.4, -0.2) is 17.9 Å². The van der Waals surface area contributed by atoms with Gasteiger partial charge in [0.2, 0.25) is 0 Å². The van der Waals surface area contributed by atoms with Crippen LogP contribution in [0.1, 0.15) is 129 Å². The van der Waals surface area contributed by atoms with E-state index in [1.807, 2.05) is 0 Å². The molecule has 2 rings (SSSR count). The van der Waals surface area contributed by atoms with Crippen LogP contribution in [0.15, 0.2) is 65.9 Å². The number of anilines is 2. The highest BCUT2D eigenvalue weighted by Crippen LogP contribution is 2.37. The Balaban J connectivity index is 2.70. The van der Waals surface area contributed by atoms with E-state index in [0.717, 1.165) is 28.6 Å². The molecule has 0 heterocycles. The highest BCUT2D eigenvalue weighted by Gasteiger charge is 2.27. The number of nitrogens with one attached hydrogen (secondary N) is 3. The summed E-state index contributed by atoms with van der Waals surface area (Å²) in [6.45, 7) is 35.7. The molecule has 4 nitrogen and oxygen atoms in total. The van der Waals surface area contributed by atoms with Gasteiger partial charge in [0.05, 0.1) is 5.92 Å². The van der Waals surface area contributed by atoms with E-state index < -0.39 is 0 Å². The van der Waals surface area contributed by atoms with Gasteiger partial charge in [-0.05, 0) is 73.6 Å². The van der Waals surface area contributed by atoms with Crippen LogP contribution < -0.4 is 16.0 Å². The normalized spacial score (nSPS) is 12.4. The molecule has 2 aromatic rings. The number of nitrogens with zero attached hydrogens (tertiary/aromatic N) is 1. The molecule has 4 heteroatoms. The second-order valence-corrected chi connectivity index (χ2v) is 12.9. The Morgan fingerprint density at radius 2 is 0.900 bits per heavy atom. The van der Waals surface area contributed by atoms with Crippen molar-refractivity contribution in [1.82, 2.24) is 5.32 Å². The molecule has 0 aromatic heterocycles. The fraction of sp³-hybridized carbons (Fsp3) is 0.528. The lowest BCUT2D eigenvalue weighted by atomic mass is 9.90. The van der Waals surface area contributed by atoms with E-state index in [1.165, 1.54) is 22.3 Å². The van der Waals surface area contributed by atoms with Crippen molar-refractivity contribution < 1.29 is 0 Å². The fourth-order valence-corrected chi connectivity index (χ4v) is 5.17. The first-order chi connectivity index (χ1) is 18.6. The summed E-state index contributed by atoms with van der Waals surface area (Å²) < 4.78 is 0. The molecule has 220 valence electrons. The van der Waals surface area contributed by atoms with Crippen molar-refractivity contribution in [2.75, 3.05) is 10.6 Å². The van der Waals surface area contributed by atoms with Gasteiger partial charge in [0.15, 0.2) is 0 Å². The third-order valence-electron chi connectivity index (χ3n) is 7.12. The molecular weight excluding hydrogens is 488 g/mol. The highest BCUT2D eigenvalue weighted by molar-refractivity contribution is 5.91. The summed E-state index contributed by atoms with van der Waals surface area (Å²) in [7, 11) is 0. The van der Waals surface area contributed by atoms with Gasteiger partial charge in [0, 0.05) is 34.9 Å². The van der Waals surface area contributed by atoms with Crippen molar-refractivity contribution in [2.24, 2.45) is 10.9 Å². The predicted octanol–water partition coefficient (Wildman–Crippen LogP) is 10.2. The van der Waals surface area contributed by atoms with E-state index in [9.17, 15) is 0 Å². The predicted molar refractivity (Wildman–Crippen MR) is 179 cm³/mol. The molecule has 0 aliphatic heterocycles. The maximum atomic E-state index is 5.08. The highest BCUT2D eigenvalue weighted by atomic mass is 15.1. The average molecular weight is 545 g/mol. The molecule has 0 fully saturated rings. The molecule has 2 aromatic carbocycles. The quantitative estimate of drug-likeness (QED) is 0.174. The van der Waals surface area contributed by atoms with E-state index in [0.29, 0.717) is 23.7 Å². The number of aliphatic imine (C=N–C) groups is 1. The van der Waals surface area contributed by atoms with Crippen LogP contribution in [0.2, 0.25) is 0 Å². The molecule has 0 aliphatic carbocycles. The van der Waals surface area contributed by atoms with E-state index in [1.54, 1.807) is 0 Å². The van der Waals surface area contributed by atoms with Gasteiger partial charge in [-0.1, -0.05) is 105 Å². The third-order valence-corrected chi connectivity index (χ3v) is 7.12.